The fraction of sp³-hybridized carbons (Fsp3) is 0.476. The van der Waals surface area contributed by atoms with E-state index in [1.54, 1.807) is 4.90 Å². The minimum absolute atomic E-state index is 0.214. The van der Waals surface area contributed by atoms with Gasteiger partial charge in [0.25, 0.3) is 0 Å². The number of carbonyl (C=O) groups excluding carboxylic acids is 1. The van der Waals surface area contributed by atoms with Crippen LogP contribution in [0.4, 0.5) is 4.79 Å². The largest absolute Gasteiger partial charge is 0.444 e. The first kappa shape index (κ1) is 19.3. The summed E-state index contributed by atoms with van der Waals surface area (Å²) < 4.78 is 7.45. The number of hydrogen-bond acceptors (Lipinski definition) is 4. The summed E-state index contributed by atoms with van der Waals surface area (Å²) in [6.07, 6.45) is 5.26. The van der Waals surface area contributed by atoms with E-state index in [0.717, 1.165) is 40.6 Å². The number of H-pyrrole nitrogens is 2. The Bertz CT molecular complexity index is 1090. The first-order chi connectivity index (χ1) is 13.7. The molecule has 3 heterocycles. The summed E-state index contributed by atoms with van der Waals surface area (Å²) in [6, 6.07) is 4.13. The molecule has 154 valence electrons. The minimum Gasteiger partial charge on any atom is -0.444 e. The van der Waals surface area contributed by atoms with Gasteiger partial charge in [-0.3, -0.25) is 4.68 Å². The molecule has 1 saturated heterocycles. The zero-order chi connectivity index (χ0) is 20.8. The lowest BCUT2D eigenvalue weighted by atomic mass is 10.0. The second-order valence-electron chi connectivity index (χ2n) is 8.67. The SMILES string of the molecule is Cc1ccc2[nH]c(=O)[nH]c2c1-c1cnn(C2CCN(C(=O)OC(C)(C)C)CC2)c1. The van der Waals surface area contributed by atoms with Crippen LogP contribution in [0.1, 0.15) is 45.2 Å². The lowest BCUT2D eigenvalue weighted by Crippen LogP contribution is -2.42. The molecule has 1 fully saturated rings. The number of carbonyl (C=O) groups is 1. The topological polar surface area (TPSA) is 96.0 Å². The van der Waals surface area contributed by atoms with Crippen LogP contribution in [0.15, 0.2) is 29.3 Å². The number of benzene rings is 1. The Morgan fingerprint density at radius 1 is 1.21 bits per heavy atom. The maximum Gasteiger partial charge on any atom is 0.410 e. The van der Waals surface area contributed by atoms with E-state index in [1.165, 1.54) is 0 Å². The van der Waals surface area contributed by atoms with Crippen LogP contribution < -0.4 is 5.69 Å². The summed E-state index contributed by atoms with van der Waals surface area (Å²) in [5, 5.41) is 4.58. The summed E-state index contributed by atoms with van der Waals surface area (Å²) in [5.74, 6) is 0. The first-order valence-electron chi connectivity index (χ1n) is 9.95. The molecule has 2 aromatic heterocycles. The highest BCUT2D eigenvalue weighted by atomic mass is 16.6. The van der Waals surface area contributed by atoms with Crippen molar-refractivity contribution < 1.29 is 9.53 Å². The standard InChI is InChI=1S/C21H27N5O3/c1-13-5-6-16-18(24-19(27)23-16)17(13)14-11-22-26(12-14)15-7-9-25(10-8-15)20(28)29-21(2,3)4/h5-6,11-12,15H,7-10H2,1-4H3,(H2,23,24,27). The molecule has 29 heavy (non-hydrogen) atoms. The van der Waals surface area contributed by atoms with Crippen molar-refractivity contribution in [3.05, 3.63) is 40.6 Å². The second kappa shape index (κ2) is 7.09. The maximum atomic E-state index is 12.3. The molecule has 8 heteroatoms. The highest BCUT2D eigenvalue weighted by Gasteiger charge is 2.28. The molecule has 1 amide bonds. The molecule has 0 spiro atoms. The van der Waals surface area contributed by atoms with E-state index in [0.29, 0.717) is 13.1 Å². The molecule has 0 unspecified atom stereocenters. The third-order valence-corrected chi connectivity index (χ3v) is 5.28. The molecule has 0 atom stereocenters. The number of ether oxygens (including phenoxy) is 1. The van der Waals surface area contributed by atoms with Crippen LogP contribution >= 0.6 is 0 Å². The van der Waals surface area contributed by atoms with Gasteiger partial charge in [0, 0.05) is 30.4 Å². The lowest BCUT2D eigenvalue weighted by molar-refractivity contribution is 0.0185. The van der Waals surface area contributed by atoms with Gasteiger partial charge in [0.05, 0.1) is 23.3 Å². The molecular formula is C21H27N5O3. The van der Waals surface area contributed by atoms with Gasteiger partial charge in [0.1, 0.15) is 5.60 Å². The minimum atomic E-state index is -0.483. The van der Waals surface area contributed by atoms with Crippen molar-refractivity contribution in [1.82, 2.24) is 24.6 Å². The summed E-state index contributed by atoms with van der Waals surface area (Å²) in [4.78, 5) is 31.5. The van der Waals surface area contributed by atoms with Gasteiger partial charge >= 0.3 is 11.8 Å². The van der Waals surface area contributed by atoms with Crippen LogP contribution in [0.2, 0.25) is 0 Å². The predicted molar refractivity (Wildman–Crippen MR) is 111 cm³/mol. The number of fused-ring (bicyclic) bond motifs is 1. The number of aryl methyl sites for hydroxylation is 1. The zero-order valence-electron chi connectivity index (χ0n) is 17.3. The number of nitrogens with zero attached hydrogens (tertiary/aromatic N) is 3. The fourth-order valence-corrected chi connectivity index (χ4v) is 3.89. The van der Waals surface area contributed by atoms with Gasteiger partial charge in [-0.25, -0.2) is 9.59 Å². The zero-order valence-corrected chi connectivity index (χ0v) is 17.3. The van der Waals surface area contributed by atoms with Crippen molar-refractivity contribution in [2.24, 2.45) is 0 Å². The molecule has 4 rings (SSSR count). The smallest absolute Gasteiger partial charge is 0.410 e. The molecule has 0 saturated carbocycles. The van der Waals surface area contributed by atoms with Crippen molar-refractivity contribution in [2.75, 3.05) is 13.1 Å². The van der Waals surface area contributed by atoms with Gasteiger partial charge in [-0.2, -0.15) is 5.10 Å². The Kier molecular flexibility index (Phi) is 4.72. The van der Waals surface area contributed by atoms with E-state index >= 15 is 0 Å². The number of rotatable bonds is 2. The average molecular weight is 397 g/mol. The van der Waals surface area contributed by atoms with Crippen LogP contribution in [0, 0.1) is 6.92 Å². The first-order valence-corrected chi connectivity index (χ1v) is 9.95. The number of hydrogen-bond donors (Lipinski definition) is 2. The van der Waals surface area contributed by atoms with Crippen molar-refractivity contribution >= 4 is 17.1 Å². The fourth-order valence-electron chi connectivity index (χ4n) is 3.89. The number of likely N-dealkylation sites (tertiary alicyclic amines) is 1. The number of aromatic nitrogens is 4. The van der Waals surface area contributed by atoms with E-state index in [2.05, 4.69) is 15.1 Å². The van der Waals surface area contributed by atoms with Crippen molar-refractivity contribution in [2.45, 2.75) is 52.2 Å². The van der Waals surface area contributed by atoms with Gasteiger partial charge in [0.2, 0.25) is 0 Å². The van der Waals surface area contributed by atoms with Crippen LogP contribution in [0.3, 0.4) is 0 Å². The van der Waals surface area contributed by atoms with Crippen LogP contribution in [-0.4, -0.2) is 49.4 Å². The predicted octanol–water partition coefficient (Wildman–Crippen LogP) is 3.60. The Hall–Kier alpha value is -3.03. The second-order valence-corrected chi connectivity index (χ2v) is 8.67. The van der Waals surface area contributed by atoms with E-state index in [1.807, 2.05) is 56.9 Å². The Morgan fingerprint density at radius 2 is 1.93 bits per heavy atom. The Balaban J connectivity index is 1.51. The molecule has 1 aliphatic heterocycles. The lowest BCUT2D eigenvalue weighted by Gasteiger charge is -2.33. The van der Waals surface area contributed by atoms with Crippen molar-refractivity contribution in [1.29, 1.82) is 0 Å². The third kappa shape index (κ3) is 3.92. The molecular weight excluding hydrogens is 370 g/mol. The van der Waals surface area contributed by atoms with Gasteiger partial charge in [-0.05, 0) is 52.2 Å². The number of imidazole rings is 1. The molecule has 0 bridgehead atoms. The molecule has 3 aromatic rings. The Labute approximate surface area is 168 Å². The van der Waals surface area contributed by atoms with E-state index in [-0.39, 0.29) is 17.8 Å². The molecule has 8 nitrogen and oxygen atoms in total. The van der Waals surface area contributed by atoms with Crippen LogP contribution in [0.25, 0.3) is 22.2 Å². The summed E-state index contributed by atoms with van der Waals surface area (Å²) in [5.41, 5.74) is 3.92. The number of piperidine rings is 1. The van der Waals surface area contributed by atoms with Crippen LogP contribution in [-0.2, 0) is 4.74 Å². The summed E-state index contributed by atoms with van der Waals surface area (Å²) >= 11 is 0. The molecule has 2 N–H and O–H groups in total. The molecule has 1 aliphatic rings. The average Bonchev–Trinajstić information content (AvgIpc) is 3.26. The maximum absolute atomic E-state index is 12.3. The molecule has 0 aliphatic carbocycles. The van der Waals surface area contributed by atoms with E-state index in [4.69, 9.17) is 4.74 Å². The monoisotopic (exact) mass is 397 g/mol. The summed E-state index contributed by atoms with van der Waals surface area (Å²) in [7, 11) is 0. The normalized spacial score (nSPS) is 15.8. The van der Waals surface area contributed by atoms with Gasteiger partial charge in [0.15, 0.2) is 0 Å². The van der Waals surface area contributed by atoms with Crippen LogP contribution in [0.5, 0.6) is 0 Å². The van der Waals surface area contributed by atoms with Gasteiger partial charge in [-0.1, -0.05) is 6.07 Å². The highest BCUT2D eigenvalue weighted by Crippen LogP contribution is 2.31. The highest BCUT2D eigenvalue weighted by molar-refractivity contribution is 5.93. The van der Waals surface area contributed by atoms with Gasteiger partial charge < -0.3 is 19.6 Å². The van der Waals surface area contributed by atoms with Gasteiger partial charge in [-0.15, -0.1) is 0 Å². The quantitative estimate of drug-likeness (QED) is 0.691. The van der Waals surface area contributed by atoms with Crippen molar-refractivity contribution in [3.8, 4) is 11.1 Å². The number of amides is 1. The third-order valence-electron chi connectivity index (χ3n) is 5.28. The molecule has 1 aromatic carbocycles. The molecule has 0 radical (unpaired) electrons. The number of aromatic amines is 2. The Morgan fingerprint density at radius 3 is 2.62 bits per heavy atom. The van der Waals surface area contributed by atoms with E-state index in [9.17, 15) is 9.59 Å². The number of nitrogens with one attached hydrogen (secondary N) is 2. The van der Waals surface area contributed by atoms with Crippen molar-refractivity contribution in [3.63, 3.8) is 0 Å². The summed E-state index contributed by atoms with van der Waals surface area (Å²) in [6.45, 7) is 8.95. The van der Waals surface area contributed by atoms with E-state index < -0.39 is 5.60 Å².